The molecule has 8 nitrogen and oxygen atoms in total. The van der Waals surface area contributed by atoms with Gasteiger partial charge in [-0.3, -0.25) is 0 Å². The molecule has 0 saturated heterocycles. The second-order valence-electron chi connectivity index (χ2n) is 8.13. The second kappa shape index (κ2) is 13.2. The van der Waals surface area contributed by atoms with Crippen molar-refractivity contribution in [1.29, 1.82) is 0 Å². The summed E-state index contributed by atoms with van der Waals surface area (Å²) >= 11 is 0. The third-order valence-corrected chi connectivity index (χ3v) is 5.82. The lowest BCUT2D eigenvalue weighted by Crippen LogP contribution is -2.37. The Balaban J connectivity index is 1.59. The summed E-state index contributed by atoms with van der Waals surface area (Å²) in [7, 11) is 6.22. The highest BCUT2D eigenvalue weighted by Gasteiger charge is 2.30. The van der Waals surface area contributed by atoms with E-state index in [9.17, 15) is 9.59 Å². The zero-order valence-corrected chi connectivity index (χ0v) is 21.0. The van der Waals surface area contributed by atoms with Gasteiger partial charge in [-0.25, -0.2) is 9.59 Å². The maximum atomic E-state index is 12.5. The van der Waals surface area contributed by atoms with Crippen molar-refractivity contribution >= 4 is 24.1 Å². The Morgan fingerprint density at radius 2 is 1.03 bits per heavy atom. The van der Waals surface area contributed by atoms with Gasteiger partial charge in [0.25, 0.3) is 0 Å². The summed E-state index contributed by atoms with van der Waals surface area (Å²) in [6, 6.07) is 10.7. The Kier molecular flexibility index (Phi) is 9.80. The van der Waals surface area contributed by atoms with E-state index >= 15 is 0 Å². The minimum atomic E-state index is -0.501. The van der Waals surface area contributed by atoms with Gasteiger partial charge in [0.2, 0.25) is 0 Å². The second-order valence-corrected chi connectivity index (χ2v) is 8.13. The Bertz CT molecular complexity index is 1020. The first-order chi connectivity index (χ1) is 17.5. The molecule has 0 spiro atoms. The van der Waals surface area contributed by atoms with Gasteiger partial charge in [0.05, 0.1) is 28.4 Å². The highest BCUT2D eigenvalue weighted by molar-refractivity contribution is 5.88. The van der Waals surface area contributed by atoms with Crippen LogP contribution in [-0.2, 0) is 19.1 Å². The van der Waals surface area contributed by atoms with Crippen molar-refractivity contribution in [2.24, 2.45) is 0 Å². The third-order valence-electron chi connectivity index (χ3n) is 5.82. The van der Waals surface area contributed by atoms with E-state index in [0.717, 1.165) is 24.0 Å². The first-order valence-corrected chi connectivity index (χ1v) is 11.7. The lowest BCUT2D eigenvalue weighted by atomic mass is 9.94. The molecule has 0 heterocycles. The minimum Gasteiger partial charge on any atom is -0.493 e. The molecule has 3 rings (SSSR count). The van der Waals surface area contributed by atoms with Crippen LogP contribution in [0.25, 0.3) is 12.2 Å². The van der Waals surface area contributed by atoms with Crippen molar-refractivity contribution in [3.8, 4) is 23.0 Å². The number of ether oxygens (including phenoxy) is 6. The van der Waals surface area contributed by atoms with Gasteiger partial charge in [-0.1, -0.05) is 12.1 Å². The monoisotopic (exact) mass is 496 g/mol. The number of carbonyl (C=O) groups excluding carboxylic acids is 2. The van der Waals surface area contributed by atoms with E-state index in [1.165, 1.54) is 12.2 Å². The van der Waals surface area contributed by atoms with Crippen LogP contribution >= 0.6 is 0 Å². The normalized spacial score (nSPS) is 17.6. The summed E-state index contributed by atoms with van der Waals surface area (Å²) in [5, 5.41) is 0. The zero-order valence-electron chi connectivity index (χ0n) is 21.0. The Morgan fingerprint density at radius 1 is 0.639 bits per heavy atom. The summed E-state index contributed by atoms with van der Waals surface area (Å²) < 4.78 is 32.3. The molecule has 0 N–H and O–H groups in total. The average molecular weight is 497 g/mol. The van der Waals surface area contributed by atoms with Crippen molar-refractivity contribution in [2.75, 3.05) is 28.4 Å². The van der Waals surface area contributed by atoms with Crippen LogP contribution in [-0.4, -0.2) is 52.6 Å². The van der Waals surface area contributed by atoms with E-state index < -0.39 is 24.1 Å². The largest absolute Gasteiger partial charge is 0.493 e. The molecular formula is C28H32O8. The van der Waals surface area contributed by atoms with Crippen LogP contribution in [0.15, 0.2) is 48.6 Å². The lowest BCUT2D eigenvalue weighted by Gasteiger charge is -2.30. The minimum absolute atomic E-state index is 0.500. The molecule has 8 heteroatoms. The molecule has 0 amide bonds. The molecule has 1 fully saturated rings. The number of benzene rings is 2. The number of esters is 2. The number of hydrogen-bond donors (Lipinski definition) is 0. The van der Waals surface area contributed by atoms with Crippen molar-refractivity contribution < 1.29 is 38.0 Å². The molecule has 0 bridgehead atoms. The van der Waals surface area contributed by atoms with Gasteiger partial charge in [-0.2, -0.15) is 0 Å². The van der Waals surface area contributed by atoms with Gasteiger partial charge in [0.15, 0.2) is 23.0 Å². The van der Waals surface area contributed by atoms with Crippen molar-refractivity contribution in [3.05, 3.63) is 59.7 Å². The third kappa shape index (κ3) is 7.28. The van der Waals surface area contributed by atoms with Crippen molar-refractivity contribution in [1.82, 2.24) is 0 Å². The molecule has 192 valence electrons. The maximum Gasteiger partial charge on any atom is 0.331 e. The van der Waals surface area contributed by atoms with Crippen LogP contribution < -0.4 is 18.9 Å². The van der Waals surface area contributed by atoms with Gasteiger partial charge in [0, 0.05) is 12.2 Å². The van der Waals surface area contributed by atoms with Gasteiger partial charge >= 0.3 is 11.9 Å². The molecule has 0 aromatic heterocycles. The van der Waals surface area contributed by atoms with Crippen LogP contribution in [0.2, 0.25) is 0 Å². The molecule has 2 aromatic carbocycles. The first-order valence-electron chi connectivity index (χ1n) is 11.7. The van der Waals surface area contributed by atoms with E-state index in [2.05, 4.69) is 0 Å². The standard InChI is InChI=1S/C28H32O8/c1-31-21-13-9-19(17-25(21)33-3)11-15-27(29)35-23-7-5-6-8-24(23)36-28(30)16-12-20-10-14-22(32-2)26(18-20)34-4/h9-18,23-24H,5-8H2,1-4H3/b15-11-,16-12+. The fourth-order valence-corrected chi connectivity index (χ4v) is 3.95. The van der Waals surface area contributed by atoms with Crippen LogP contribution in [0, 0.1) is 0 Å². The smallest absolute Gasteiger partial charge is 0.331 e. The Labute approximate surface area is 211 Å². The Hall–Kier alpha value is -3.94. The van der Waals surface area contributed by atoms with Gasteiger partial charge < -0.3 is 28.4 Å². The van der Waals surface area contributed by atoms with Crippen LogP contribution in [0.4, 0.5) is 0 Å². The molecular weight excluding hydrogens is 464 g/mol. The SMILES string of the molecule is COc1ccc(/C=C\C(=O)OC2CCCCC2OC(=O)/C=C/c2ccc(OC)c(OC)c2)cc1OC. The predicted octanol–water partition coefficient (Wildman–Crippen LogP) is 4.85. The molecule has 1 aliphatic carbocycles. The molecule has 2 unspecified atom stereocenters. The average Bonchev–Trinajstić information content (AvgIpc) is 2.91. The molecule has 1 saturated carbocycles. The summed E-state index contributed by atoms with van der Waals surface area (Å²) in [6.07, 6.45) is 8.04. The zero-order chi connectivity index (χ0) is 25.9. The summed E-state index contributed by atoms with van der Waals surface area (Å²) in [5.41, 5.74) is 1.52. The van der Waals surface area contributed by atoms with Crippen LogP contribution in [0.3, 0.4) is 0 Å². The van der Waals surface area contributed by atoms with Gasteiger partial charge in [-0.05, 0) is 73.2 Å². The number of hydrogen-bond acceptors (Lipinski definition) is 8. The number of rotatable bonds is 10. The number of carbonyl (C=O) groups is 2. The number of methoxy groups -OCH3 is 4. The Morgan fingerprint density at radius 3 is 1.39 bits per heavy atom. The predicted molar refractivity (Wildman–Crippen MR) is 135 cm³/mol. The fraction of sp³-hybridized carbons (Fsp3) is 0.357. The summed E-state index contributed by atoms with van der Waals surface area (Å²) in [5.74, 6) is 1.33. The highest BCUT2D eigenvalue weighted by Crippen LogP contribution is 2.29. The van der Waals surface area contributed by atoms with E-state index in [1.807, 2.05) is 0 Å². The maximum absolute atomic E-state index is 12.5. The lowest BCUT2D eigenvalue weighted by molar-refractivity contribution is -0.165. The van der Waals surface area contributed by atoms with Gasteiger partial charge in [0.1, 0.15) is 12.2 Å². The fourth-order valence-electron chi connectivity index (χ4n) is 3.95. The van der Waals surface area contributed by atoms with E-state index in [1.54, 1.807) is 77.0 Å². The van der Waals surface area contributed by atoms with E-state index in [-0.39, 0.29) is 0 Å². The van der Waals surface area contributed by atoms with Gasteiger partial charge in [-0.15, -0.1) is 0 Å². The van der Waals surface area contributed by atoms with Crippen molar-refractivity contribution in [3.63, 3.8) is 0 Å². The molecule has 0 aliphatic heterocycles. The van der Waals surface area contributed by atoms with E-state index in [0.29, 0.717) is 35.8 Å². The summed E-state index contributed by atoms with van der Waals surface area (Å²) in [6.45, 7) is 0. The quantitative estimate of drug-likeness (QED) is 0.341. The van der Waals surface area contributed by atoms with E-state index in [4.69, 9.17) is 28.4 Å². The van der Waals surface area contributed by atoms with Crippen molar-refractivity contribution in [2.45, 2.75) is 37.9 Å². The molecule has 36 heavy (non-hydrogen) atoms. The van der Waals surface area contributed by atoms with Crippen LogP contribution in [0.1, 0.15) is 36.8 Å². The molecule has 0 radical (unpaired) electrons. The molecule has 2 aromatic rings. The van der Waals surface area contributed by atoms with Crippen LogP contribution in [0.5, 0.6) is 23.0 Å². The summed E-state index contributed by atoms with van der Waals surface area (Å²) in [4.78, 5) is 25.0. The molecule has 1 aliphatic rings. The highest BCUT2D eigenvalue weighted by atomic mass is 16.6. The topological polar surface area (TPSA) is 89.5 Å². The molecule has 2 atom stereocenters. The first kappa shape index (κ1) is 26.7.